The number of amides is 2. The smallest absolute Gasteiger partial charge is 0.386 e. The van der Waals surface area contributed by atoms with Gasteiger partial charge in [0.15, 0.2) is 5.78 Å². The van der Waals surface area contributed by atoms with Gasteiger partial charge in [-0.1, -0.05) is 6.07 Å². The summed E-state index contributed by atoms with van der Waals surface area (Å²) in [6.45, 7) is 8.40. The Morgan fingerprint density at radius 1 is 0.833 bits per heavy atom. The van der Waals surface area contributed by atoms with Crippen LogP contribution in [0.1, 0.15) is 110 Å². The molecule has 4 aromatic rings. The van der Waals surface area contributed by atoms with Crippen molar-refractivity contribution in [2.75, 3.05) is 44.2 Å². The van der Waals surface area contributed by atoms with Gasteiger partial charge in [0.1, 0.15) is 23.0 Å². The van der Waals surface area contributed by atoms with Gasteiger partial charge in [-0.3, -0.25) is 34.2 Å². The average Bonchev–Trinajstić information content (AvgIpc) is 3.64. The normalized spacial score (nSPS) is 23.0. The fourth-order valence-corrected chi connectivity index (χ4v) is 9.75. The second kappa shape index (κ2) is 16.6. The number of anilines is 1. The first-order chi connectivity index (χ1) is 28.5. The maximum Gasteiger partial charge on any atom is 0.433 e. The van der Waals surface area contributed by atoms with Crippen molar-refractivity contribution in [1.29, 1.82) is 0 Å². The van der Waals surface area contributed by atoms with E-state index in [2.05, 4.69) is 20.1 Å². The molecular weight excluding hydrogens is 786 g/mol. The van der Waals surface area contributed by atoms with Gasteiger partial charge in [-0.05, 0) is 106 Å². The highest BCUT2D eigenvalue weighted by atomic mass is 19.4. The van der Waals surface area contributed by atoms with Crippen LogP contribution in [0.5, 0.6) is 0 Å². The third-order valence-corrected chi connectivity index (χ3v) is 13.0. The van der Waals surface area contributed by atoms with E-state index < -0.39 is 52.6 Å². The van der Waals surface area contributed by atoms with Crippen LogP contribution in [0.15, 0.2) is 48.7 Å². The summed E-state index contributed by atoms with van der Waals surface area (Å²) >= 11 is 0. The number of carbonyl (C=O) groups excluding carboxylic acids is 3. The highest BCUT2D eigenvalue weighted by Crippen LogP contribution is 2.37. The minimum absolute atomic E-state index is 0.0485. The van der Waals surface area contributed by atoms with E-state index in [0.717, 1.165) is 76.2 Å². The zero-order chi connectivity index (χ0) is 42.5. The predicted octanol–water partition coefficient (Wildman–Crippen LogP) is 6.67. The Bertz CT molecular complexity index is 2240. The summed E-state index contributed by atoms with van der Waals surface area (Å²) in [7, 11) is 0. The number of benzene rings is 2. The number of aliphatic hydroxyl groups is 1. The number of fused-ring (bicyclic) bond motifs is 1. The SMILES string of the molecule is CC(C)(O)c1cc2nn(C3CCC(N4CCN(C5CCN(c6cc(F)c([C@H]7CCC(=O)NC7=O)c(F)c6)CC5)CC4)CC3)cc2cc1CC(=O)c1cccc(C(F)(F)F)n1. The topological polar surface area (TPSA) is 124 Å². The summed E-state index contributed by atoms with van der Waals surface area (Å²) < 4.78 is 72.2. The van der Waals surface area contributed by atoms with Crippen LogP contribution in [-0.2, 0) is 27.8 Å². The van der Waals surface area contributed by atoms with Crippen molar-refractivity contribution in [3.05, 3.63) is 88.4 Å². The summed E-state index contributed by atoms with van der Waals surface area (Å²) in [6.07, 6.45) is 2.88. The molecule has 3 saturated heterocycles. The van der Waals surface area contributed by atoms with Crippen LogP contribution in [0, 0.1) is 11.6 Å². The van der Waals surface area contributed by atoms with Crippen molar-refractivity contribution in [3.8, 4) is 0 Å². The number of aromatic nitrogens is 3. The zero-order valence-corrected chi connectivity index (χ0v) is 33.8. The van der Waals surface area contributed by atoms with Crippen molar-refractivity contribution < 1.29 is 41.4 Å². The maximum atomic E-state index is 15.2. The molecule has 1 aliphatic carbocycles. The summed E-state index contributed by atoms with van der Waals surface area (Å²) in [6, 6.07) is 10.5. The van der Waals surface area contributed by atoms with Crippen LogP contribution in [0.2, 0.25) is 0 Å². The quantitative estimate of drug-likeness (QED) is 0.108. The number of pyridine rings is 1. The number of imide groups is 1. The lowest BCUT2D eigenvalue weighted by atomic mass is 9.89. The number of nitrogens with zero attached hydrogens (tertiary/aromatic N) is 6. The molecule has 2 aromatic carbocycles. The van der Waals surface area contributed by atoms with E-state index in [9.17, 15) is 32.7 Å². The van der Waals surface area contributed by atoms with Crippen molar-refractivity contribution in [1.82, 2.24) is 29.9 Å². The molecule has 3 aliphatic heterocycles. The first-order valence-corrected chi connectivity index (χ1v) is 20.9. The number of Topliss-reactive ketones (excluding diaryl/α,β-unsaturated/α-hetero) is 1. The third kappa shape index (κ3) is 8.82. The number of hydrogen-bond acceptors (Lipinski definition) is 9. The molecule has 4 fully saturated rings. The van der Waals surface area contributed by atoms with Gasteiger partial charge < -0.3 is 10.0 Å². The zero-order valence-electron chi connectivity index (χ0n) is 33.8. The van der Waals surface area contributed by atoms with Gasteiger partial charge in [-0.2, -0.15) is 18.3 Å². The molecule has 0 spiro atoms. The molecule has 2 N–H and O–H groups in total. The third-order valence-electron chi connectivity index (χ3n) is 13.0. The number of halogens is 5. The molecular formula is C44H50F5N7O4. The Morgan fingerprint density at radius 2 is 1.45 bits per heavy atom. The largest absolute Gasteiger partial charge is 0.433 e. The predicted molar refractivity (Wildman–Crippen MR) is 213 cm³/mol. The summed E-state index contributed by atoms with van der Waals surface area (Å²) in [5, 5.41) is 18.9. The minimum Gasteiger partial charge on any atom is -0.386 e. The molecule has 16 heteroatoms. The molecule has 1 saturated carbocycles. The number of rotatable bonds is 9. The van der Waals surface area contributed by atoms with E-state index in [4.69, 9.17) is 5.10 Å². The number of carbonyl (C=O) groups is 3. The summed E-state index contributed by atoms with van der Waals surface area (Å²) in [4.78, 5) is 47.7. The number of piperidine rings is 2. The molecule has 8 rings (SSSR count). The Morgan fingerprint density at radius 3 is 2.05 bits per heavy atom. The second-order valence-corrected chi connectivity index (χ2v) is 17.3. The Labute approximate surface area is 344 Å². The summed E-state index contributed by atoms with van der Waals surface area (Å²) in [5.41, 5.74) is -0.885. The summed E-state index contributed by atoms with van der Waals surface area (Å²) in [5.74, 6) is -4.21. The van der Waals surface area contributed by atoms with Gasteiger partial charge in [0, 0.05) is 87.0 Å². The average molecular weight is 836 g/mol. The standard InChI is InChI=1S/C44H50F5N7O4/c1-43(2,60)33-24-37-27(20-26(33)21-38(57)36-4-3-5-39(50-36)44(47,48)49)25-56(52-37)30-8-6-28(7-9-30)54-16-18-55(19-17-54)29-12-14-53(15-13-29)31-22-34(45)41(35(46)23-31)32-10-11-40(58)51-42(32)59/h3-5,20,22-25,28-30,32,60H,6-19,21H2,1-2H3,(H,51,58,59)/t28?,30?,32-/m1/s1. The highest BCUT2D eigenvalue weighted by molar-refractivity contribution is 6.01. The number of ketones is 1. The molecule has 1 atom stereocenters. The van der Waals surface area contributed by atoms with Crippen LogP contribution >= 0.6 is 0 Å². The Balaban J connectivity index is 0.834. The Kier molecular flexibility index (Phi) is 11.6. The molecule has 0 radical (unpaired) electrons. The molecule has 5 heterocycles. The molecule has 60 heavy (non-hydrogen) atoms. The van der Waals surface area contributed by atoms with E-state index >= 15 is 8.78 Å². The first-order valence-electron chi connectivity index (χ1n) is 20.9. The molecule has 11 nitrogen and oxygen atoms in total. The van der Waals surface area contributed by atoms with Gasteiger partial charge >= 0.3 is 6.18 Å². The molecule has 2 aromatic heterocycles. The van der Waals surface area contributed by atoms with Crippen molar-refractivity contribution >= 4 is 34.2 Å². The lowest BCUT2D eigenvalue weighted by molar-refractivity contribution is -0.141. The van der Waals surface area contributed by atoms with Crippen LogP contribution in [0.25, 0.3) is 10.9 Å². The van der Waals surface area contributed by atoms with E-state index in [1.54, 1.807) is 26.0 Å². The molecule has 4 aliphatic rings. The molecule has 0 bridgehead atoms. The monoisotopic (exact) mass is 835 g/mol. The highest BCUT2D eigenvalue weighted by Gasteiger charge is 2.36. The van der Waals surface area contributed by atoms with E-state index in [1.807, 2.05) is 15.8 Å². The van der Waals surface area contributed by atoms with Crippen LogP contribution in [0.4, 0.5) is 27.6 Å². The number of nitrogens with one attached hydrogen (secondary N) is 1. The van der Waals surface area contributed by atoms with Crippen molar-refractivity contribution in [2.24, 2.45) is 0 Å². The number of hydrogen-bond donors (Lipinski definition) is 2. The lowest BCUT2D eigenvalue weighted by Gasteiger charge is -2.46. The second-order valence-electron chi connectivity index (χ2n) is 17.3. The van der Waals surface area contributed by atoms with Crippen LogP contribution < -0.4 is 10.2 Å². The van der Waals surface area contributed by atoms with Gasteiger partial charge in [0.05, 0.1) is 23.1 Å². The van der Waals surface area contributed by atoms with Gasteiger partial charge in [0.25, 0.3) is 0 Å². The van der Waals surface area contributed by atoms with Crippen LogP contribution in [-0.4, -0.2) is 98.6 Å². The van der Waals surface area contributed by atoms with Gasteiger partial charge in [-0.15, -0.1) is 0 Å². The van der Waals surface area contributed by atoms with Crippen LogP contribution in [0.3, 0.4) is 0 Å². The molecule has 2 amide bonds. The lowest BCUT2D eigenvalue weighted by Crippen LogP contribution is -2.55. The minimum atomic E-state index is -4.67. The molecule has 0 unspecified atom stereocenters. The van der Waals surface area contributed by atoms with E-state index in [0.29, 0.717) is 47.5 Å². The van der Waals surface area contributed by atoms with Gasteiger partial charge in [0.2, 0.25) is 11.8 Å². The number of piperazine rings is 1. The maximum absolute atomic E-state index is 15.2. The fourth-order valence-electron chi connectivity index (χ4n) is 9.75. The van der Waals surface area contributed by atoms with Gasteiger partial charge in [-0.25, -0.2) is 13.8 Å². The fraction of sp³-hybridized carbons (Fsp3) is 0.523. The van der Waals surface area contributed by atoms with E-state index in [-0.39, 0.29) is 36.6 Å². The van der Waals surface area contributed by atoms with Crippen molar-refractivity contribution in [3.63, 3.8) is 0 Å². The Hall–Kier alpha value is -4.80. The van der Waals surface area contributed by atoms with Crippen molar-refractivity contribution in [2.45, 2.75) is 107 Å². The van der Waals surface area contributed by atoms with E-state index in [1.165, 1.54) is 24.3 Å². The number of alkyl halides is 3. The molecule has 320 valence electrons. The first kappa shape index (κ1) is 41.9.